The predicted molar refractivity (Wildman–Crippen MR) is 120 cm³/mol. The lowest BCUT2D eigenvalue weighted by Gasteiger charge is -2.45. The van der Waals surface area contributed by atoms with Crippen LogP contribution in [0.3, 0.4) is 0 Å². The Morgan fingerprint density at radius 3 is 2.28 bits per heavy atom. The van der Waals surface area contributed by atoms with Crippen LogP contribution in [-0.2, 0) is 10.3 Å². The molecular weight excluding hydrogens is 408 g/mol. The number of carbonyl (C=O) groups is 2. The molecule has 2 heterocycles. The third-order valence-corrected chi connectivity index (χ3v) is 6.03. The molecule has 7 nitrogen and oxygen atoms in total. The molecule has 1 aliphatic rings. The number of hydrogen-bond acceptors (Lipinski definition) is 5. The van der Waals surface area contributed by atoms with Crippen LogP contribution in [0.5, 0.6) is 5.75 Å². The number of rotatable bonds is 6. The zero-order valence-corrected chi connectivity index (χ0v) is 18.2. The minimum Gasteiger partial charge on any atom is -0.497 e. The molecule has 1 saturated heterocycles. The smallest absolute Gasteiger partial charge is 0.291 e. The van der Waals surface area contributed by atoms with E-state index in [0.717, 1.165) is 11.3 Å². The third-order valence-electron chi connectivity index (χ3n) is 6.03. The highest BCUT2D eigenvalue weighted by Crippen LogP contribution is 2.39. The lowest BCUT2D eigenvalue weighted by molar-refractivity contribution is -0.0138. The predicted octanol–water partition coefficient (Wildman–Crippen LogP) is 4.32. The maximum atomic E-state index is 13.4. The van der Waals surface area contributed by atoms with Gasteiger partial charge in [0.05, 0.1) is 18.9 Å². The molecule has 0 spiro atoms. The fourth-order valence-electron chi connectivity index (χ4n) is 4.11. The molecule has 32 heavy (non-hydrogen) atoms. The van der Waals surface area contributed by atoms with Crippen molar-refractivity contribution >= 4 is 17.5 Å². The van der Waals surface area contributed by atoms with Crippen molar-refractivity contribution in [3.63, 3.8) is 0 Å². The number of nitrogens with one attached hydrogen (secondary N) is 1. The second-order valence-electron chi connectivity index (χ2n) is 7.75. The van der Waals surface area contributed by atoms with E-state index in [1.807, 2.05) is 36.2 Å². The molecule has 2 aromatic carbocycles. The van der Waals surface area contributed by atoms with Gasteiger partial charge < -0.3 is 24.1 Å². The van der Waals surface area contributed by atoms with E-state index in [4.69, 9.17) is 13.9 Å². The van der Waals surface area contributed by atoms with Gasteiger partial charge in [-0.05, 0) is 66.9 Å². The molecular formula is C25H26N2O5. The van der Waals surface area contributed by atoms with Crippen LogP contribution >= 0.6 is 0 Å². The van der Waals surface area contributed by atoms with Crippen molar-refractivity contribution < 1.29 is 23.5 Å². The molecule has 1 aliphatic heterocycles. The first-order valence-corrected chi connectivity index (χ1v) is 10.5. The van der Waals surface area contributed by atoms with Gasteiger partial charge in [-0.15, -0.1) is 0 Å². The highest BCUT2D eigenvalue weighted by molar-refractivity contribution is 6.02. The van der Waals surface area contributed by atoms with Crippen LogP contribution < -0.4 is 10.1 Å². The Kier molecular flexibility index (Phi) is 6.28. The normalized spacial score (nSPS) is 15.1. The maximum Gasteiger partial charge on any atom is 0.291 e. The number of amides is 2. The number of benzene rings is 2. The Hall–Kier alpha value is -3.58. The minimum atomic E-state index is -0.465. The largest absolute Gasteiger partial charge is 0.497 e. The van der Waals surface area contributed by atoms with Crippen LogP contribution in [-0.4, -0.2) is 44.1 Å². The number of anilines is 1. The van der Waals surface area contributed by atoms with E-state index in [2.05, 4.69) is 5.32 Å². The highest BCUT2D eigenvalue weighted by Gasteiger charge is 2.41. The van der Waals surface area contributed by atoms with Crippen molar-refractivity contribution in [3.05, 3.63) is 83.8 Å². The van der Waals surface area contributed by atoms with Gasteiger partial charge in [0.25, 0.3) is 11.8 Å². The second-order valence-corrected chi connectivity index (χ2v) is 7.75. The second kappa shape index (κ2) is 9.28. The highest BCUT2D eigenvalue weighted by atomic mass is 16.5. The van der Waals surface area contributed by atoms with Crippen LogP contribution in [0, 0.1) is 0 Å². The van der Waals surface area contributed by atoms with Crippen molar-refractivity contribution in [1.82, 2.24) is 4.90 Å². The van der Waals surface area contributed by atoms with Gasteiger partial charge in [-0.25, -0.2) is 0 Å². The average Bonchev–Trinajstić information content (AvgIpc) is 3.39. The minimum absolute atomic E-state index is 0.0911. The molecule has 1 fully saturated rings. The van der Waals surface area contributed by atoms with Gasteiger partial charge in [-0.3, -0.25) is 9.59 Å². The Balaban J connectivity index is 1.54. The van der Waals surface area contributed by atoms with Crippen LogP contribution in [0.2, 0.25) is 0 Å². The molecule has 1 aromatic heterocycles. The van der Waals surface area contributed by atoms with Gasteiger partial charge in [0.15, 0.2) is 5.76 Å². The first-order chi connectivity index (χ1) is 15.5. The fourth-order valence-corrected chi connectivity index (χ4v) is 4.11. The summed E-state index contributed by atoms with van der Waals surface area (Å²) < 4.78 is 16.0. The van der Waals surface area contributed by atoms with Crippen molar-refractivity contribution in [2.45, 2.75) is 18.4 Å². The van der Waals surface area contributed by atoms with E-state index in [0.29, 0.717) is 37.3 Å². The lowest BCUT2D eigenvalue weighted by Crippen LogP contribution is -2.50. The molecule has 0 unspecified atom stereocenters. The van der Waals surface area contributed by atoms with E-state index in [1.54, 1.807) is 43.5 Å². The summed E-state index contributed by atoms with van der Waals surface area (Å²) in [6.45, 7) is 1.17. The van der Waals surface area contributed by atoms with E-state index in [9.17, 15) is 9.59 Å². The number of furan rings is 1. The topological polar surface area (TPSA) is 81.0 Å². The Morgan fingerprint density at radius 2 is 1.69 bits per heavy atom. The molecule has 4 rings (SSSR count). The van der Waals surface area contributed by atoms with E-state index in [1.165, 1.54) is 6.26 Å². The van der Waals surface area contributed by atoms with E-state index in [-0.39, 0.29) is 17.6 Å². The SMILES string of the molecule is COc1ccc(C2(N(C)C(=O)c3ccc(NC(=O)c4ccco4)cc3)CCOCC2)cc1. The molecule has 3 aromatic rings. The van der Waals surface area contributed by atoms with Crippen LogP contribution in [0.1, 0.15) is 39.3 Å². The lowest BCUT2D eigenvalue weighted by atomic mass is 9.81. The first-order valence-electron chi connectivity index (χ1n) is 10.5. The number of methoxy groups -OCH3 is 1. The van der Waals surface area contributed by atoms with Crippen molar-refractivity contribution in [1.29, 1.82) is 0 Å². The standard InChI is InChI=1S/C25H26N2O5/c1-27(25(13-16-31-17-14-25)19-7-11-21(30-2)12-8-19)24(29)18-5-9-20(10-6-18)26-23(28)22-4-3-15-32-22/h3-12,15H,13-14,16-17H2,1-2H3,(H,26,28). The zero-order chi connectivity index (χ0) is 22.6. The number of hydrogen-bond donors (Lipinski definition) is 1. The summed E-state index contributed by atoms with van der Waals surface area (Å²) in [4.78, 5) is 27.4. The molecule has 0 saturated carbocycles. The molecule has 7 heteroatoms. The molecule has 1 N–H and O–H groups in total. The summed E-state index contributed by atoms with van der Waals surface area (Å²) in [6.07, 6.45) is 2.86. The van der Waals surface area contributed by atoms with Crippen LogP contribution in [0.25, 0.3) is 0 Å². The molecule has 0 atom stereocenters. The Morgan fingerprint density at radius 1 is 1.00 bits per heavy atom. The van der Waals surface area contributed by atoms with Crippen LogP contribution in [0.4, 0.5) is 5.69 Å². The molecule has 0 radical (unpaired) electrons. The van der Waals surface area contributed by atoms with Gasteiger partial charge in [-0.1, -0.05) is 12.1 Å². The summed E-state index contributed by atoms with van der Waals surface area (Å²) in [5.74, 6) is 0.571. The van der Waals surface area contributed by atoms with Gasteiger partial charge >= 0.3 is 0 Å². The zero-order valence-electron chi connectivity index (χ0n) is 18.2. The summed E-state index contributed by atoms with van der Waals surface area (Å²) in [5.41, 5.74) is 1.72. The van der Waals surface area contributed by atoms with Gasteiger partial charge in [-0.2, -0.15) is 0 Å². The summed E-state index contributed by atoms with van der Waals surface area (Å²) in [7, 11) is 3.47. The number of carbonyl (C=O) groups excluding carboxylic acids is 2. The van der Waals surface area contributed by atoms with E-state index >= 15 is 0 Å². The maximum absolute atomic E-state index is 13.4. The molecule has 166 valence electrons. The van der Waals surface area contributed by atoms with Gasteiger partial charge in [0, 0.05) is 31.5 Å². The van der Waals surface area contributed by atoms with Gasteiger partial charge in [0.2, 0.25) is 0 Å². The number of nitrogens with zero attached hydrogens (tertiary/aromatic N) is 1. The Bertz CT molecular complexity index is 1050. The van der Waals surface area contributed by atoms with Gasteiger partial charge in [0.1, 0.15) is 5.75 Å². The monoisotopic (exact) mass is 434 g/mol. The summed E-state index contributed by atoms with van der Waals surface area (Å²) >= 11 is 0. The van der Waals surface area contributed by atoms with E-state index < -0.39 is 5.54 Å². The third kappa shape index (κ3) is 4.24. The number of ether oxygens (including phenoxy) is 2. The first kappa shape index (κ1) is 21.6. The molecule has 0 aliphatic carbocycles. The summed E-state index contributed by atoms with van der Waals surface area (Å²) in [5, 5.41) is 2.76. The molecule has 0 bridgehead atoms. The fraction of sp³-hybridized carbons (Fsp3) is 0.280. The molecule has 2 amide bonds. The average molecular weight is 434 g/mol. The Labute approximate surface area is 186 Å². The van der Waals surface area contributed by atoms with Crippen molar-refractivity contribution in [2.75, 3.05) is 32.7 Å². The van der Waals surface area contributed by atoms with Crippen LogP contribution in [0.15, 0.2) is 71.3 Å². The summed E-state index contributed by atoms with van der Waals surface area (Å²) in [6, 6.07) is 18.0. The van der Waals surface area contributed by atoms with Crippen molar-refractivity contribution in [2.24, 2.45) is 0 Å². The van der Waals surface area contributed by atoms with Crippen molar-refractivity contribution in [3.8, 4) is 5.75 Å². The quantitative estimate of drug-likeness (QED) is 0.625.